The van der Waals surface area contributed by atoms with Crippen LogP contribution in [0.25, 0.3) is 0 Å². The highest BCUT2D eigenvalue weighted by Gasteiger charge is 2.61. The molecular formula is C36H42N2O10SSi. The number of rotatable bonds is 12. The molecule has 4 aromatic rings. The van der Waals surface area contributed by atoms with Gasteiger partial charge in [-0.2, -0.15) is 8.42 Å². The van der Waals surface area contributed by atoms with Crippen LogP contribution < -0.4 is 21.6 Å². The first-order valence-corrected chi connectivity index (χ1v) is 19.4. The Bertz CT molecular complexity index is 1970. The molecule has 266 valence electrons. The third-order valence-corrected chi connectivity index (χ3v) is 15.1. The summed E-state index contributed by atoms with van der Waals surface area (Å²) in [6.45, 7) is 8.31. The molecule has 1 saturated heterocycles. The van der Waals surface area contributed by atoms with Gasteiger partial charge in [0, 0.05) is 26.3 Å². The van der Waals surface area contributed by atoms with Crippen LogP contribution in [0.15, 0.2) is 112 Å². The summed E-state index contributed by atoms with van der Waals surface area (Å²) in [4.78, 5) is 39.7. The molecule has 5 rings (SSSR count). The van der Waals surface area contributed by atoms with Crippen LogP contribution in [0.2, 0.25) is 5.04 Å². The third-order valence-electron chi connectivity index (χ3n) is 8.85. The summed E-state index contributed by atoms with van der Waals surface area (Å²) in [6.07, 6.45) is -2.68. The number of aryl methyl sites for hydroxylation is 1. The SMILES string of the molecule is CO[C@H]1[C@@H](OC(C)=O)[C@H](n2ccc(=O)[nH]c2=O)O[C@@]1(CO[Si](c1ccccc1)(c1ccccc1)C(C)(C)C)COS(=O)(=O)c1ccc(C)cc1. The topological polar surface area (TPSA) is 152 Å². The lowest BCUT2D eigenvalue weighted by molar-refractivity contribution is -0.157. The zero-order chi connectivity index (χ0) is 36.3. The Labute approximate surface area is 292 Å². The second kappa shape index (κ2) is 14.6. The highest BCUT2D eigenvalue weighted by atomic mass is 32.2. The molecule has 0 saturated carbocycles. The van der Waals surface area contributed by atoms with Crippen molar-refractivity contribution >= 4 is 34.8 Å². The van der Waals surface area contributed by atoms with Crippen molar-refractivity contribution in [3.05, 3.63) is 124 Å². The highest BCUT2D eigenvalue weighted by molar-refractivity contribution is 7.86. The Morgan fingerprint density at radius 2 is 1.50 bits per heavy atom. The van der Waals surface area contributed by atoms with E-state index >= 15 is 0 Å². The molecule has 1 aliphatic rings. The maximum Gasteiger partial charge on any atom is 0.330 e. The number of esters is 1. The van der Waals surface area contributed by atoms with Crippen molar-refractivity contribution in [1.82, 2.24) is 9.55 Å². The van der Waals surface area contributed by atoms with Crippen LogP contribution in [0.4, 0.5) is 0 Å². The Balaban J connectivity index is 1.69. The van der Waals surface area contributed by atoms with Gasteiger partial charge in [-0.15, -0.1) is 0 Å². The number of nitrogens with zero attached hydrogens (tertiary/aromatic N) is 1. The van der Waals surface area contributed by atoms with Gasteiger partial charge in [0.2, 0.25) is 0 Å². The molecular weight excluding hydrogens is 681 g/mol. The van der Waals surface area contributed by atoms with E-state index < -0.39 is 71.3 Å². The molecule has 14 heteroatoms. The Hall–Kier alpha value is -4.18. The quantitative estimate of drug-likeness (QED) is 0.131. The van der Waals surface area contributed by atoms with Crippen LogP contribution in [0.5, 0.6) is 0 Å². The van der Waals surface area contributed by atoms with Gasteiger partial charge < -0.3 is 18.6 Å². The average molecular weight is 723 g/mol. The molecule has 0 amide bonds. The predicted octanol–water partition coefficient (Wildman–Crippen LogP) is 3.04. The van der Waals surface area contributed by atoms with Crippen LogP contribution in [0, 0.1) is 6.92 Å². The van der Waals surface area contributed by atoms with Crippen molar-refractivity contribution < 1.29 is 36.0 Å². The number of H-pyrrole nitrogens is 1. The molecule has 0 radical (unpaired) electrons. The van der Waals surface area contributed by atoms with E-state index in [2.05, 4.69) is 25.8 Å². The predicted molar refractivity (Wildman–Crippen MR) is 188 cm³/mol. The summed E-state index contributed by atoms with van der Waals surface area (Å²) in [7, 11) is -6.29. The molecule has 50 heavy (non-hydrogen) atoms. The van der Waals surface area contributed by atoms with Gasteiger partial charge in [-0.3, -0.25) is 23.3 Å². The van der Waals surface area contributed by atoms with Crippen LogP contribution in [-0.2, 0) is 37.7 Å². The number of ether oxygens (including phenoxy) is 3. The third kappa shape index (κ3) is 7.31. The lowest BCUT2D eigenvalue weighted by Gasteiger charge is -2.45. The summed E-state index contributed by atoms with van der Waals surface area (Å²) in [5.74, 6) is -0.708. The van der Waals surface area contributed by atoms with Crippen molar-refractivity contribution in [1.29, 1.82) is 0 Å². The van der Waals surface area contributed by atoms with Crippen LogP contribution >= 0.6 is 0 Å². The van der Waals surface area contributed by atoms with Crippen molar-refractivity contribution in [3.63, 3.8) is 0 Å². The van der Waals surface area contributed by atoms with E-state index in [0.29, 0.717) is 0 Å². The standard InChI is InChI=1S/C36H42N2O10SSi/c1-25-17-19-27(20-18-25)49(42,43)45-23-36(32(44-6)31(47-26(2)39)33(48-36)38-22-21-30(40)37-34(38)41)24-46-50(35(3,4)5,28-13-9-7-10-14-28)29-15-11-8-12-16-29/h7-22,31-33H,23-24H2,1-6H3,(H,37,40,41)/t31-,32+,33-,36-/m1/s1. The monoisotopic (exact) mass is 722 g/mol. The summed E-state index contributed by atoms with van der Waals surface area (Å²) < 4.78 is 59.6. The Kier molecular flexibility index (Phi) is 10.8. The van der Waals surface area contributed by atoms with E-state index in [1.807, 2.05) is 67.6 Å². The first-order valence-electron chi connectivity index (χ1n) is 16.0. The Morgan fingerprint density at radius 3 is 2.00 bits per heavy atom. The van der Waals surface area contributed by atoms with E-state index in [1.165, 1.54) is 32.4 Å². The number of carbonyl (C=O) groups excluding carboxylic acids is 1. The first-order chi connectivity index (χ1) is 23.6. The van der Waals surface area contributed by atoms with Crippen LogP contribution in [0.3, 0.4) is 0 Å². The fraction of sp³-hybridized carbons (Fsp3) is 0.361. The van der Waals surface area contributed by atoms with E-state index in [4.69, 9.17) is 22.8 Å². The number of methoxy groups -OCH3 is 1. The van der Waals surface area contributed by atoms with E-state index in [0.717, 1.165) is 26.6 Å². The van der Waals surface area contributed by atoms with E-state index in [-0.39, 0.29) is 11.5 Å². The van der Waals surface area contributed by atoms with E-state index in [9.17, 15) is 22.8 Å². The summed E-state index contributed by atoms with van der Waals surface area (Å²) in [6, 6.07) is 26.9. The fourth-order valence-corrected chi connectivity index (χ4v) is 12.1. The molecule has 1 aliphatic heterocycles. The largest absolute Gasteiger partial charge is 0.455 e. The minimum absolute atomic E-state index is 0.0805. The van der Waals surface area contributed by atoms with Crippen molar-refractivity contribution in [2.45, 2.75) is 68.6 Å². The van der Waals surface area contributed by atoms with Gasteiger partial charge in [0.25, 0.3) is 24.0 Å². The fourth-order valence-electron chi connectivity index (χ4n) is 6.54. The first kappa shape index (κ1) is 37.1. The molecule has 3 aromatic carbocycles. The molecule has 1 fully saturated rings. The number of hydrogen-bond acceptors (Lipinski definition) is 10. The number of benzene rings is 3. The van der Waals surface area contributed by atoms with Gasteiger partial charge in [-0.25, -0.2) is 4.79 Å². The zero-order valence-electron chi connectivity index (χ0n) is 28.8. The molecule has 12 nitrogen and oxygen atoms in total. The number of aromatic nitrogens is 2. The molecule has 0 bridgehead atoms. The second-order valence-corrected chi connectivity index (χ2v) is 19.2. The molecule has 0 spiro atoms. The Morgan fingerprint density at radius 1 is 0.920 bits per heavy atom. The normalized spacial score (nSPS) is 21.2. The minimum Gasteiger partial charge on any atom is -0.455 e. The van der Waals surface area contributed by atoms with Crippen molar-refractivity contribution in [2.75, 3.05) is 20.3 Å². The molecule has 0 unspecified atom stereocenters. The van der Waals surface area contributed by atoms with Crippen molar-refractivity contribution in [3.8, 4) is 0 Å². The summed E-state index contributed by atoms with van der Waals surface area (Å²) in [5.41, 5.74) is -2.42. The number of carbonyl (C=O) groups is 1. The summed E-state index contributed by atoms with van der Waals surface area (Å²) >= 11 is 0. The van der Waals surface area contributed by atoms with Gasteiger partial charge in [0.05, 0.1) is 11.5 Å². The maximum absolute atomic E-state index is 13.6. The van der Waals surface area contributed by atoms with Crippen LogP contribution in [0.1, 0.15) is 39.5 Å². The minimum atomic E-state index is -4.36. The smallest absolute Gasteiger partial charge is 0.330 e. The molecule has 2 heterocycles. The average Bonchev–Trinajstić information content (AvgIpc) is 3.36. The highest BCUT2D eigenvalue weighted by Crippen LogP contribution is 2.44. The number of aromatic amines is 1. The van der Waals surface area contributed by atoms with Gasteiger partial charge in [0.1, 0.15) is 18.3 Å². The lowest BCUT2D eigenvalue weighted by Crippen LogP contribution is -2.68. The van der Waals surface area contributed by atoms with Gasteiger partial charge in [0.15, 0.2) is 12.3 Å². The molecule has 0 aliphatic carbocycles. The number of hydrogen-bond donors (Lipinski definition) is 1. The van der Waals surface area contributed by atoms with Gasteiger partial charge in [-0.1, -0.05) is 99.1 Å². The molecule has 1 aromatic heterocycles. The molecule has 1 N–H and O–H groups in total. The number of nitrogens with one attached hydrogen (secondary N) is 1. The zero-order valence-corrected chi connectivity index (χ0v) is 30.6. The van der Waals surface area contributed by atoms with Gasteiger partial charge in [-0.05, 0) is 34.5 Å². The maximum atomic E-state index is 13.6. The van der Waals surface area contributed by atoms with E-state index in [1.54, 1.807) is 12.1 Å². The van der Waals surface area contributed by atoms with Crippen molar-refractivity contribution in [2.24, 2.45) is 0 Å². The second-order valence-electron chi connectivity index (χ2n) is 13.3. The molecule has 4 atom stereocenters. The van der Waals surface area contributed by atoms with Crippen LogP contribution in [-0.4, -0.2) is 70.4 Å². The van der Waals surface area contributed by atoms with Gasteiger partial charge >= 0.3 is 11.7 Å². The lowest BCUT2D eigenvalue weighted by atomic mass is 9.96. The summed E-state index contributed by atoms with van der Waals surface area (Å²) in [5, 5.41) is 1.40.